The number of amides is 1. The Balaban J connectivity index is 1.36. The lowest BCUT2D eigenvalue weighted by Gasteiger charge is -2.12. The van der Waals surface area contributed by atoms with Crippen LogP contribution in [-0.4, -0.2) is 22.0 Å². The van der Waals surface area contributed by atoms with Crippen molar-refractivity contribution in [3.05, 3.63) is 98.7 Å². The maximum absolute atomic E-state index is 12.2. The van der Waals surface area contributed by atoms with Gasteiger partial charge in [-0.15, -0.1) is 0 Å². The third-order valence-corrected chi connectivity index (χ3v) is 6.50. The van der Waals surface area contributed by atoms with E-state index in [0.717, 1.165) is 48.1 Å². The molecule has 1 heterocycles. The molecule has 0 saturated heterocycles. The zero-order valence-electron chi connectivity index (χ0n) is 18.0. The second kappa shape index (κ2) is 11.1. The van der Waals surface area contributed by atoms with Crippen molar-refractivity contribution in [3.63, 3.8) is 0 Å². The number of hydrogen-bond acceptors (Lipinski definition) is 2. The molecular formula is C26H24Cl3N3O. The van der Waals surface area contributed by atoms with Gasteiger partial charge in [0.15, 0.2) is 0 Å². The van der Waals surface area contributed by atoms with E-state index in [1.54, 1.807) is 24.3 Å². The van der Waals surface area contributed by atoms with Gasteiger partial charge in [-0.25, -0.2) is 4.98 Å². The van der Waals surface area contributed by atoms with Crippen molar-refractivity contribution >= 4 is 51.7 Å². The average Bonchev–Trinajstić information content (AvgIpc) is 3.15. The zero-order valence-corrected chi connectivity index (χ0v) is 20.3. The van der Waals surface area contributed by atoms with Gasteiger partial charge in [0.1, 0.15) is 5.82 Å². The first-order valence-electron chi connectivity index (χ1n) is 10.9. The Morgan fingerprint density at radius 3 is 2.42 bits per heavy atom. The molecule has 0 aliphatic carbocycles. The first-order chi connectivity index (χ1) is 16.0. The Morgan fingerprint density at radius 1 is 0.879 bits per heavy atom. The molecule has 1 N–H and O–H groups in total. The molecule has 4 aromatic rings. The van der Waals surface area contributed by atoms with E-state index in [2.05, 4.69) is 16.0 Å². The largest absolute Gasteiger partial charge is 0.352 e. The number of aryl methyl sites for hydroxylation is 1. The quantitative estimate of drug-likeness (QED) is 0.247. The third kappa shape index (κ3) is 5.89. The summed E-state index contributed by atoms with van der Waals surface area (Å²) in [5, 5.41) is 4.82. The van der Waals surface area contributed by atoms with Gasteiger partial charge in [0.2, 0.25) is 0 Å². The van der Waals surface area contributed by atoms with Crippen LogP contribution in [-0.2, 0) is 13.0 Å². The Labute approximate surface area is 208 Å². The highest BCUT2D eigenvalue weighted by molar-refractivity contribution is 6.36. The molecule has 0 aliphatic rings. The number of nitrogens with zero attached hydrogens (tertiary/aromatic N) is 2. The van der Waals surface area contributed by atoms with Crippen LogP contribution >= 0.6 is 34.8 Å². The molecule has 0 fully saturated rings. The van der Waals surface area contributed by atoms with Gasteiger partial charge in [-0.1, -0.05) is 65.5 Å². The molecule has 1 aromatic heterocycles. The number of unbranched alkanes of at least 4 members (excludes halogenated alkanes) is 2. The van der Waals surface area contributed by atoms with Crippen LogP contribution < -0.4 is 5.32 Å². The van der Waals surface area contributed by atoms with Crippen LogP contribution in [0.2, 0.25) is 15.1 Å². The summed E-state index contributed by atoms with van der Waals surface area (Å²) in [6, 6.07) is 20.6. The maximum Gasteiger partial charge on any atom is 0.251 e. The molecular weight excluding hydrogens is 477 g/mol. The molecule has 0 aliphatic heterocycles. The number of carbonyl (C=O) groups is 1. The molecule has 0 atom stereocenters. The fourth-order valence-corrected chi connectivity index (χ4v) is 4.56. The number of carbonyl (C=O) groups excluding carboxylic acids is 1. The highest BCUT2D eigenvalue weighted by Gasteiger charge is 2.14. The van der Waals surface area contributed by atoms with Crippen molar-refractivity contribution in [2.45, 2.75) is 32.2 Å². The average molecular weight is 501 g/mol. The second-order valence-corrected chi connectivity index (χ2v) is 9.13. The minimum absolute atomic E-state index is 0.101. The predicted molar refractivity (Wildman–Crippen MR) is 137 cm³/mol. The van der Waals surface area contributed by atoms with Crippen molar-refractivity contribution in [2.24, 2.45) is 0 Å². The summed E-state index contributed by atoms with van der Waals surface area (Å²) in [6.45, 7) is 1.20. The van der Waals surface area contributed by atoms with Crippen LogP contribution in [0.3, 0.4) is 0 Å². The van der Waals surface area contributed by atoms with Gasteiger partial charge >= 0.3 is 0 Å². The van der Waals surface area contributed by atoms with Crippen LogP contribution in [0.4, 0.5) is 0 Å². The summed E-state index contributed by atoms with van der Waals surface area (Å²) in [6.07, 6.45) is 3.67. The van der Waals surface area contributed by atoms with Gasteiger partial charge in [0.05, 0.1) is 17.6 Å². The Kier molecular flexibility index (Phi) is 7.92. The molecule has 4 rings (SSSR count). The van der Waals surface area contributed by atoms with Crippen molar-refractivity contribution < 1.29 is 4.79 Å². The first kappa shape index (κ1) is 23.6. The van der Waals surface area contributed by atoms with Crippen molar-refractivity contribution in [3.8, 4) is 0 Å². The lowest BCUT2D eigenvalue weighted by atomic mass is 10.1. The van der Waals surface area contributed by atoms with E-state index in [1.807, 2.05) is 36.4 Å². The predicted octanol–water partition coefficient (Wildman–Crippen LogP) is 7.19. The Morgan fingerprint density at radius 2 is 1.64 bits per heavy atom. The van der Waals surface area contributed by atoms with Gasteiger partial charge in [0.25, 0.3) is 5.91 Å². The second-order valence-electron chi connectivity index (χ2n) is 7.88. The first-order valence-corrected chi connectivity index (χ1v) is 12.1. The number of aromatic nitrogens is 2. The Bertz CT molecular complexity index is 1250. The van der Waals surface area contributed by atoms with E-state index in [0.29, 0.717) is 33.7 Å². The SMILES string of the molecule is O=C(NCCCCCc1nc2ccccc2n1Cc1c(Cl)cccc1Cl)c1cccc(Cl)c1. The number of benzene rings is 3. The lowest BCUT2D eigenvalue weighted by molar-refractivity contribution is 0.0953. The molecule has 0 spiro atoms. The van der Waals surface area contributed by atoms with Crippen molar-refractivity contribution in [1.29, 1.82) is 0 Å². The number of nitrogens with one attached hydrogen (secondary N) is 1. The summed E-state index contributed by atoms with van der Waals surface area (Å²) < 4.78 is 2.20. The molecule has 0 saturated carbocycles. The van der Waals surface area contributed by atoms with Crippen LogP contribution in [0.25, 0.3) is 11.0 Å². The van der Waals surface area contributed by atoms with E-state index in [4.69, 9.17) is 39.8 Å². The number of imidazole rings is 1. The number of rotatable bonds is 9. The van der Waals surface area contributed by atoms with Crippen LogP contribution in [0.5, 0.6) is 0 Å². The summed E-state index contributed by atoms with van der Waals surface area (Å²) in [7, 11) is 0. The summed E-state index contributed by atoms with van der Waals surface area (Å²) in [5.41, 5.74) is 3.50. The van der Waals surface area contributed by atoms with Crippen LogP contribution in [0.1, 0.15) is 41.0 Å². The fourth-order valence-electron chi connectivity index (χ4n) is 3.85. The van der Waals surface area contributed by atoms with Crippen LogP contribution in [0.15, 0.2) is 66.7 Å². The number of hydrogen-bond donors (Lipinski definition) is 1. The zero-order chi connectivity index (χ0) is 23.2. The minimum Gasteiger partial charge on any atom is -0.352 e. The van der Waals surface area contributed by atoms with E-state index >= 15 is 0 Å². The molecule has 33 heavy (non-hydrogen) atoms. The molecule has 0 bridgehead atoms. The minimum atomic E-state index is -0.101. The highest BCUT2D eigenvalue weighted by atomic mass is 35.5. The standard InChI is InChI=1S/C26H24Cl3N3O/c27-19-9-6-8-18(16-19)26(33)30-15-5-1-2-14-25-31-23-12-3-4-13-24(23)32(25)17-20-21(28)10-7-11-22(20)29/h3-4,6-13,16H,1-2,5,14-15,17H2,(H,30,33). The van der Waals surface area contributed by atoms with Crippen molar-refractivity contribution in [1.82, 2.24) is 14.9 Å². The molecule has 170 valence electrons. The van der Waals surface area contributed by atoms with Gasteiger partial charge in [-0.3, -0.25) is 4.79 Å². The number of halogens is 3. The van der Waals surface area contributed by atoms with E-state index in [9.17, 15) is 4.79 Å². The molecule has 0 radical (unpaired) electrons. The number of para-hydroxylation sites is 2. The number of fused-ring (bicyclic) bond motifs is 1. The summed E-state index contributed by atoms with van der Waals surface area (Å²) in [5.74, 6) is 0.908. The normalized spacial score (nSPS) is 11.1. The molecule has 7 heteroatoms. The Hall–Kier alpha value is -2.53. The smallest absolute Gasteiger partial charge is 0.251 e. The van der Waals surface area contributed by atoms with Gasteiger partial charge in [-0.05, 0) is 55.3 Å². The van der Waals surface area contributed by atoms with E-state index in [-0.39, 0.29) is 5.91 Å². The molecule has 1 amide bonds. The highest BCUT2D eigenvalue weighted by Crippen LogP contribution is 2.28. The summed E-state index contributed by atoms with van der Waals surface area (Å²) in [4.78, 5) is 17.1. The lowest BCUT2D eigenvalue weighted by Crippen LogP contribution is -2.24. The maximum atomic E-state index is 12.2. The van der Waals surface area contributed by atoms with E-state index in [1.165, 1.54) is 0 Å². The van der Waals surface area contributed by atoms with Gasteiger partial charge < -0.3 is 9.88 Å². The molecule has 3 aromatic carbocycles. The van der Waals surface area contributed by atoms with Gasteiger partial charge in [-0.2, -0.15) is 0 Å². The molecule has 0 unspecified atom stereocenters. The fraction of sp³-hybridized carbons (Fsp3) is 0.231. The molecule has 4 nitrogen and oxygen atoms in total. The summed E-state index contributed by atoms with van der Waals surface area (Å²) >= 11 is 18.8. The van der Waals surface area contributed by atoms with Crippen LogP contribution in [0, 0.1) is 0 Å². The third-order valence-electron chi connectivity index (χ3n) is 5.56. The van der Waals surface area contributed by atoms with E-state index < -0.39 is 0 Å². The monoisotopic (exact) mass is 499 g/mol. The van der Waals surface area contributed by atoms with Crippen molar-refractivity contribution in [2.75, 3.05) is 6.54 Å². The topological polar surface area (TPSA) is 46.9 Å². The van der Waals surface area contributed by atoms with Gasteiger partial charge in [0, 0.05) is 39.2 Å².